The van der Waals surface area contributed by atoms with Crippen LogP contribution in [-0.4, -0.2) is 91.1 Å². The highest BCUT2D eigenvalue weighted by atomic mass is 16.7. The number of unbranched alkanes of at least 4 members (excludes halogenated alkanes) is 4. The van der Waals surface area contributed by atoms with Gasteiger partial charge in [-0.05, 0) is 106 Å². The van der Waals surface area contributed by atoms with E-state index in [2.05, 4.69) is 55.4 Å². The number of carboxylic acids is 2. The maximum absolute atomic E-state index is 13.8. The highest BCUT2D eigenvalue weighted by molar-refractivity contribution is 5.76. The number of piperidine rings is 2. The van der Waals surface area contributed by atoms with Crippen molar-refractivity contribution < 1.29 is 39.7 Å². The van der Waals surface area contributed by atoms with Gasteiger partial charge in [-0.2, -0.15) is 10.1 Å². The van der Waals surface area contributed by atoms with Crippen LogP contribution in [0, 0.1) is 17.3 Å². The van der Waals surface area contributed by atoms with Gasteiger partial charge in [0.1, 0.15) is 0 Å². The lowest BCUT2D eigenvalue weighted by atomic mass is 9.52. The van der Waals surface area contributed by atoms with Crippen molar-refractivity contribution in [1.82, 2.24) is 10.1 Å². The Bertz CT molecular complexity index is 804. The van der Waals surface area contributed by atoms with Crippen molar-refractivity contribution >= 4 is 11.9 Å². The first-order valence-electron chi connectivity index (χ1n) is 15.9. The molecule has 42 heavy (non-hydrogen) atoms. The number of hydrogen-bond acceptors (Lipinski definition) is 8. The number of nitrogens with zero attached hydrogens (tertiary/aromatic N) is 2. The molecule has 0 aromatic heterocycles. The molecule has 0 aliphatic carbocycles. The van der Waals surface area contributed by atoms with Crippen LogP contribution in [0.1, 0.15) is 126 Å². The van der Waals surface area contributed by atoms with E-state index in [4.69, 9.17) is 14.8 Å². The van der Waals surface area contributed by atoms with Gasteiger partial charge in [0.15, 0.2) is 0 Å². The fourth-order valence-electron chi connectivity index (χ4n) is 8.64. The molecule has 0 atom stereocenters. The number of hydrogen-bond donors (Lipinski definition) is 4. The highest BCUT2D eigenvalue weighted by Gasteiger charge is 2.61. The molecule has 0 saturated carbocycles. The first-order chi connectivity index (χ1) is 19.4. The van der Waals surface area contributed by atoms with Crippen molar-refractivity contribution in [3.8, 4) is 0 Å². The lowest BCUT2D eigenvalue weighted by molar-refractivity contribution is -0.308. The van der Waals surface area contributed by atoms with Gasteiger partial charge in [-0.15, -0.1) is 0 Å². The van der Waals surface area contributed by atoms with Gasteiger partial charge in [-0.25, -0.2) is 0 Å². The molecule has 2 saturated heterocycles. The summed E-state index contributed by atoms with van der Waals surface area (Å²) < 4.78 is 0. The Morgan fingerprint density at radius 2 is 1.02 bits per heavy atom. The maximum Gasteiger partial charge on any atom is 0.310 e. The largest absolute Gasteiger partial charge is 0.481 e. The summed E-state index contributed by atoms with van der Waals surface area (Å²) in [5.74, 6) is -1.74. The number of hydroxylamine groups is 4. The van der Waals surface area contributed by atoms with Crippen LogP contribution < -0.4 is 0 Å². The van der Waals surface area contributed by atoms with Gasteiger partial charge in [0.05, 0.1) is 31.8 Å². The summed E-state index contributed by atoms with van der Waals surface area (Å²) in [4.78, 5) is 36.8. The summed E-state index contributed by atoms with van der Waals surface area (Å²) >= 11 is 0. The smallest absolute Gasteiger partial charge is 0.310 e. The molecule has 246 valence electrons. The minimum absolute atomic E-state index is 0.0846. The normalized spacial score (nSPS) is 23.2. The van der Waals surface area contributed by atoms with Gasteiger partial charge in [-0.3, -0.25) is 19.3 Å². The lowest BCUT2D eigenvalue weighted by Crippen LogP contribution is -2.67. The van der Waals surface area contributed by atoms with Gasteiger partial charge in [-0.1, -0.05) is 25.7 Å². The van der Waals surface area contributed by atoms with Crippen molar-refractivity contribution in [3.05, 3.63) is 0 Å². The molecular formula is C32H60N2O8. The molecule has 2 aliphatic rings. The topological polar surface area (TPSA) is 140 Å². The van der Waals surface area contributed by atoms with Crippen molar-refractivity contribution in [3.63, 3.8) is 0 Å². The molecule has 0 aromatic rings. The van der Waals surface area contributed by atoms with Crippen LogP contribution in [0.5, 0.6) is 0 Å². The number of aliphatic hydroxyl groups excluding tert-OH is 2. The quantitative estimate of drug-likeness (QED) is 0.163. The Kier molecular flexibility index (Phi) is 12.9. The minimum Gasteiger partial charge on any atom is -0.481 e. The van der Waals surface area contributed by atoms with E-state index in [0.717, 1.165) is 25.7 Å². The van der Waals surface area contributed by atoms with Gasteiger partial charge in [0.2, 0.25) is 0 Å². The third-order valence-corrected chi connectivity index (χ3v) is 9.64. The maximum atomic E-state index is 13.8. The molecular weight excluding hydrogens is 540 g/mol. The fraction of sp³-hybridized carbons (Fsp3) is 0.938. The zero-order chi connectivity index (χ0) is 32.0. The van der Waals surface area contributed by atoms with Gasteiger partial charge < -0.3 is 20.4 Å². The summed E-state index contributed by atoms with van der Waals surface area (Å²) in [5, 5.41) is 43.1. The zero-order valence-corrected chi connectivity index (χ0v) is 27.6. The van der Waals surface area contributed by atoms with Crippen LogP contribution in [0.25, 0.3) is 0 Å². The van der Waals surface area contributed by atoms with E-state index in [9.17, 15) is 24.9 Å². The molecule has 0 unspecified atom stereocenters. The molecule has 2 aliphatic heterocycles. The molecule has 0 amide bonds. The van der Waals surface area contributed by atoms with Crippen LogP contribution in [-0.2, 0) is 19.3 Å². The molecule has 0 radical (unpaired) electrons. The third kappa shape index (κ3) is 8.66. The van der Waals surface area contributed by atoms with E-state index in [1.54, 1.807) is 0 Å². The van der Waals surface area contributed by atoms with Crippen LogP contribution in [0.15, 0.2) is 0 Å². The fourth-order valence-corrected chi connectivity index (χ4v) is 8.64. The molecule has 10 heteroatoms. The lowest BCUT2D eigenvalue weighted by Gasteiger charge is -2.61. The average molecular weight is 601 g/mol. The number of carbonyl (C=O) groups is 2. The third-order valence-electron chi connectivity index (χ3n) is 9.64. The van der Waals surface area contributed by atoms with Gasteiger partial charge >= 0.3 is 11.9 Å². The first-order valence-corrected chi connectivity index (χ1v) is 15.9. The highest BCUT2D eigenvalue weighted by Crippen LogP contribution is 2.58. The van der Waals surface area contributed by atoms with Crippen LogP contribution in [0.2, 0.25) is 0 Å². The van der Waals surface area contributed by atoms with Gasteiger partial charge in [0, 0.05) is 28.6 Å². The molecule has 0 spiro atoms. The van der Waals surface area contributed by atoms with Crippen LogP contribution >= 0.6 is 0 Å². The Balaban J connectivity index is 2.48. The second-order valence-corrected chi connectivity index (χ2v) is 15.2. The molecule has 2 fully saturated rings. The second-order valence-electron chi connectivity index (χ2n) is 15.2. The van der Waals surface area contributed by atoms with Crippen molar-refractivity contribution in [2.75, 3.05) is 26.4 Å². The van der Waals surface area contributed by atoms with Crippen molar-refractivity contribution in [1.29, 1.82) is 0 Å². The Morgan fingerprint density at radius 3 is 1.36 bits per heavy atom. The average Bonchev–Trinajstić information content (AvgIpc) is 2.82. The summed E-state index contributed by atoms with van der Waals surface area (Å²) in [5.41, 5.74) is -2.77. The van der Waals surface area contributed by atoms with E-state index in [-0.39, 0.29) is 44.7 Å². The number of rotatable bonds is 17. The monoisotopic (exact) mass is 600 g/mol. The Morgan fingerprint density at radius 1 is 0.667 bits per heavy atom. The summed E-state index contributed by atoms with van der Waals surface area (Å²) in [6.45, 7) is 17.0. The van der Waals surface area contributed by atoms with E-state index >= 15 is 0 Å². The summed E-state index contributed by atoms with van der Waals surface area (Å²) in [6, 6.07) is 0. The molecule has 2 heterocycles. The molecule has 4 N–H and O–H groups in total. The second kappa shape index (κ2) is 14.7. The van der Waals surface area contributed by atoms with Crippen LogP contribution in [0.4, 0.5) is 0 Å². The van der Waals surface area contributed by atoms with E-state index < -0.39 is 39.5 Å². The molecule has 0 aromatic carbocycles. The van der Waals surface area contributed by atoms with Gasteiger partial charge in [0.25, 0.3) is 0 Å². The summed E-state index contributed by atoms with van der Waals surface area (Å²) in [6.07, 6.45) is 7.31. The molecule has 0 bridgehead atoms. The Hall–Kier alpha value is -1.30. The zero-order valence-electron chi connectivity index (χ0n) is 27.6. The number of aliphatic hydroxyl groups is 2. The van der Waals surface area contributed by atoms with E-state index in [1.165, 1.54) is 0 Å². The molecule has 2 rings (SSSR count). The van der Waals surface area contributed by atoms with Crippen LogP contribution in [0.3, 0.4) is 0 Å². The predicted molar refractivity (Wildman–Crippen MR) is 162 cm³/mol. The van der Waals surface area contributed by atoms with E-state index in [1.807, 2.05) is 10.1 Å². The van der Waals surface area contributed by atoms with E-state index in [0.29, 0.717) is 38.5 Å². The first kappa shape index (κ1) is 36.9. The Labute approximate surface area is 253 Å². The minimum atomic E-state index is -0.976. The van der Waals surface area contributed by atoms with Crippen molar-refractivity contribution in [2.24, 2.45) is 17.3 Å². The summed E-state index contributed by atoms with van der Waals surface area (Å²) in [7, 11) is 0. The standard InChI is InChI=1S/C32H60N2O8/c1-28(2)20-24(21-29(3,4)33(28)41-18-16-35)32(27(39)40,15-13-11-9-10-12-14-26(37)38)25-22-30(5,6)34(42-19-17-36)31(7,8)23-25/h24-25,35-36H,9-23H2,1-8H3,(H,37,38)(H,39,40). The molecule has 10 nitrogen and oxygen atoms in total. The van der Waals surface area contributed by atoms with Crippen molar-refractivity contribution in [2.45, 2.75) is 148 Å². The number of carboxylic acid groups (broad SMARTS) is 2. The predicted octanol–water partition coefficient (Wildman–Crippen LogP) is 5.26. The number of aliphatic carboxylic acids is 2. The SMILES string of the molecule is CC1(C)CC(C(CCCCCCCC(=O)O)(C(=O)O)C2CC(C)(C)N(OCCO)C(C)(C)C2)CC(C)(C)N1OCCO.